The number of rotatable bonds is 4. The molecule has 1 aliphatic rings. The average molecular weight is 285 g/mol. The van der Waals surface area contributed by atoms with Crippen molar-refractivity contribution in [2.24, 2.45) is 0 Å². The third-order valence-electron chi connectivity index (χ3n) is 3.16. The van der Waals surface area contributed by atoms with Gasteiger partial charge in [-0.1, -0.05) is 6.07 Å². The fourth-order valence-corrected chi connectivity index (χ4v) is 2.18. The van der Waals surface area contributed by atoms with Gasteiger partial charge >= 0.3 is 7.12 Å². The van der Waals surface area contributed by atoms with Crippen molar-refractivity contribution in [1.29, 1.82) is 0 Å². The lowest BCUT2D eigenvalue weighted by Crippen LogP contribution is -2.27. The van der Waals surface area contributed by atoms with Crippen molar-refractivity contribution < 1.29 is 14.4 Å². The first kappa shape index (κ1) is 14.0. The number of fused-ring (bicyclic) bond motifs is 1. The zero-order valence-corrected chi connectivity index (χ0v) is 12.0. The zero-order chi connectivity index (χ0) is 14.8. The summed E-state index contributed by atoms with van der Waals surface area (Å²) in [4.78, 5) is 10.6. The van der Waals surface area contributed by atoms with Crippen LogP contribution in [0.1, 0.15) is 11.3 Å². The Labute approximate surface area is 123 Å². The molecule has 0 fully saturated rings. The van der Waals surface area contributed by atoms with Gasteiger partial charge in [-0.15, -0.1) is 0 Å². The van der Waals surface area contributed by atoms with E-state index >= 15 is 0 Å². The Balaban J connectivity index is 1.73. The lowest BCUT2D eigenvalue weighted by atomic mass is 9.79. The molecule has 1 aromatic carbocycles. The molecule has 0 amide bonds. The Morgan fingerprint density at radius 1 is 1.33 bits per heavy atom. The van der Waals surface area contributed by atoms with E-state index < -0.39 is 7.12 Å². The van der Waals surface area contributed by atoms with Crippen LogP contribution in [-0.4, -0.2) is 41.1 Å². The lowest BCUT2D eigenvalue weighted by molar-refractivity contribution is 0.275. The molecule has 21 heavy (non-hydrogen) atoms. The van der Waals surface area contributed by atoms with E-state index in [4.69, 9.17) is 9.39 Å². The van der Waals surface area contributed by atoms with Crippen LogP contribution in [-0.2, 0) is 17.8 Å². The smallest absolute Gasteiger partial charge is 0.438 e. The van der Waals surface area contributed by atoms with Crippen molar-refractivity contribution in [3.05, 3.63) is 41.9 Å². The van der Waals surface area contributed by atoms with Gasteiger partial charge in [0.2, 0.25) is 5.88 Å². The highest BCUT2D eigenvalue weighted by molar-refractivity contribution is 6.61. The first-order valence-corrected chi connectivity index (χ1v) is 6.68. The minimum Gasteiger partial charge on any atom is -0.438 e. The molecular weight excluding hydrogens is 269 g/mol. The van der Waals surface area contributed by atoms with E-state index in [1.54, 1.807) is 18.5 Å². The second kappa shape index (κ2) is 5.81. The summed E-state index contributed by atoms with van der Waals surface area (Å²) in [6.45, 7) is 1.16. The van der Waals surface area contributed by atoms with Gasteiger partial charge in [-0.25, -0.2) is 4.98 Å². The Hall–Kier alpha value is -1.96. The highest BCUT2D eigenvalue weighted by Gasteiger charge is 2.27. The maximum Gasteiger partial charge on any atom is 0.491 e. The topological polar surface area (TPSA) is 67.7 Å². The molecule has 2 heterocycles. The molecule has 6 nitrogen and oxygen atoms in total. The first-order chi connectivity index (χ1) is 10.1. The maximum atomic E-state index is 9.68. The summed E-state index contributed by atoms with van der Waals surface area (Å²) in [5.41, 5.74) is 2.59. The lowest BCUT2D eigenvalue weighted by Gasteiger charge is -2.09. The molecule has 0 radical (unpaired) electrons. The van der Waals surface area contributed by atoms with Gasteiger partial charge in [0.05, 0.1) is 24.7 Å². The summed E-state index contributed by atoms with van der Waals surface area (Å²) in [5.74, 6) is 1.03. The Bertz CT molecular complexity index is 634. The molecule has 0 saturated carbocycles. The summed E-state index contributed by atoms with van der Waals surface area (Å²) in [5, 5.41) is 9.68. The van der Waals surface area contributed by atoms with Crippen LogP contribution < -0.4 is 10.2 Å². The fourth-order valence-electron chi connectivity index (χ4n) is 2.18. The van der Waals surface area contributed by atoms with Gasteiger partial charge in [0.1, 0.15) is 5.75 Å². The molecule has 0 bridgehead atoms. The highest BCUT2D eigenvalue weighted by Crippen LogP contribution is 2.21. The Morgan fingerprint density at radius 2 is 2.19 bits per heavy atom. The molecule has 0 spiro atoms. The van der Waals surface area contributed by atoms with Crippen molar-refractivity contribution in [3.8, 4) is 11.6 Å². The molecule has 0 aliphatic carbocycles. The summed E-state index contributed by atoms with van der Waals surface area (Å²) in [7, 11) is 3.07. The van der Waals surface area contributed by atoms with Gasteiger partial charge < -0.3 is 19.3 Å². The first-order valence-electron chi connectivity index (χ1n) is 6.68. The molecule has 0 atom stereocenters. The van der Waals surface area contributed by atoms with Crippen molar-refractivity contribution in [2.75, 3.05) is 14.1 Å². The van der Waals surface area contributed by atoms with Crippen LogP contribution >= 0.6 is 0 Å². The van der Waals surface area contributed by atoms with Crippen molar-refractivity contribution in [2.45, 2.75) is 13.2 Å². The third kappa shape index (κ3) is 3.21. The molecule has 3 rings (SSSR count). The van der Waals surface area contributed by atoms with Crippen LogP contribution in [0.2, 0.25) is 0 Å². The molecule has 108 valence electrons. The van der Waals surface area contributed by atoms with E-state index in [1.807, 2.05) is 31.1 Å². The number of hydrogen-bond acceptors (Lipinski definition) is 6. The summed E-state index contributed by atoms with van der Waals surface area (Å²) in [6.07, 6.45) is 3.29. The van der Waals surface area contributed by atoms with Crippen molar-refractivity contribution >= 4 is 12.6 Å². The van der Waals surface area contributed by atoms with Crippen LogP contribution in [0.25, 0.3) is 0 Å². The van der Waals surface area contributed by atoms with Crippen molar-refractivity contribution in [1.82, 2.24) is 14.9 Å². The molecule has 1 aromatic heterocycles. The molecule has 7 heteroatoms. The van der Waals surface area contributed by atoms with Crippen LogP contribution in [0.3, 0.4) is 0 Å². The van der Waals surface area contributed by atoms with Gasteiger partial charge in [-0.2, -0.15) is 0 Å². The van der Waals surface area contributed by atoms with E-state index in [9.17, 15) is 5.02 Å². The van der Waals surface area contributed by atoms with Crippen LogP contribution in [0.5, 0.6) is 11.6 Å². The zero-order valence-electron chi connectivity index (χ0n) is 12.0. The van der Waals surface area contributed by atoms with Gasteiger partial charge in [0, 0.05) is 6.54 Å². The maximum absolute atomic E-state index is 9.68. The van der Waals surface area contributed by atoms with Crippen LogP contribution in [0.15, 0.2) is 30.6 Å². The standard InChI is InChI=1S/C14H16BN3O3/c1-18(2)8-11-6-17-14(7-16-11)21-12-4-3-10-9-20-15(19)13(10)5-12/h3-7,19H,8-9H2,1-2H3. The predicted octanol–water partition coefficient (Wildman–Crippen LogP) is 0.548. The molecule has 0 saturated heterocycles. The second-order valence-electron chi connectivity index (χ2n) is 5.21. The van der Waals surface area contributed by atoms with Crippen LogP contribution in [0, 0.1) is 0 Å². The van der Waals surface area contributed by atoms with Gasteiger partial charge in [-0.05, 0) is 37.3 Å². The van der Waals surface area contributed by atoms with E-state index in [2.05, 4.69) is 9.97 Å². The Morgan fingerprint density at radius 3 is 2.90 bits per heavy atom. The van der Waals surface area contributed by atoms with E-state index in [1.165, 1.54) is 0 Å². The summed E-state index contributed by atoms with van der Waals surface area (Å²) >= 11 is 0. The minimum atomic E-state index is -0.878. The molecule has 1 aliphatic heterocycles. The largest absolute Gasteiger partial charge is 0.491 e. The van der Waals surface area contributed by atoms with Gasteiger partial charge in [0.15, 0.2) is 0 Å². The molecule has 0 unspecified atom stereocenters. The minimum absolute atomic E-state index is 0.422. The molecule has 1 N–H and O–H groups in total. The third-order valence-corrected chi connectivity index (χ3v) is 3.16. The fraction of sp³-hybridized carbons (Fsp3) is 0.286. The van der Waals surface area contributed by atoms with E-state index in [-0.39, 0.29) is 0 Å². The number of aromatic nitrogens is 2. The number of nitrogens with zero attached hydrogens (tertiary/aromatic N) is 3. The SMILES string of the molecule is CN(C)Cc1cnc(Oc2ccc3c(c2)B(O)OC3)cn1. The molecule has 2 aromatic rings. The number of ether oxygens (including phenoxy) is 1. The van der Waals surface area contributed by atoms with E-state index in [0.717, 1.165) is 23.3 Å². The number of benzene rings is 1. The quantitative estimate of drug-likeness (QED) is 0.827. The normalized spacial score (nSPS) is 13.6. The van der Waals surface area contributed by atoms with Gasteiger partial charge in [0.25, 0.3) is 0 Å². The van der Waals surface area contributed by atoms with Crippen molar-refractivity contribution in [3.63, 3.8) is 0 Å². The summed E-state index contributed by atoms with van der Waals surface area (Å²) < 4.78 is 10.8. The second-order valence-corrected chi connectivity index (χ2v) is 5.21. The summed E-state index contributed by atoms with van der Waals surface area (Å²) in [6, 6.07) is 5.48. The highest BCUT2D eigenvalue weighted by atomic mass is 16.5. The molecular formula is C14H16BN3O3. The monoisotopic (exact) mass is 285 g/mol. The van der Waals surface area contributed by atoms with E-state index in [0.29, 0.717) is 18.2 Å². The number of hydrogen-bond donors (Lipinski definition) is 1. The van der Waals surface area contributed by atoms with Crippen LogP contribution in [0.4, 0.5) is 0 Å². The predicted molar refractivity (Wildman–Crippen MR) is 78.3 cm³/mol. The van der Waals surface area contributed by atoms with Gasteiger partial charge in [-0.3, -0.25) is 4.98 Å². The Kier molecular flexibility index (Phi) is 3.87. The average Bonchev–Trinajstić information content (AvgIpc) is 2.82.